The number of hydrogen-bond acceptors (Lipinski definition) is 6. The van der Waals surface area contributed by atoms with E-state index in [0.29, 0.717) is 6.54 Å². The number of rotatable bonds is 5. The number of halogens is 1. The second kappa shape index (κ2) is 7.35. The minimum atomic E-state index is -0.674. The number of nitro benzene ring substituents is 1. The summed E-state index contributed by atoms with van der Waals surface area (Å²) in [5, 5.41) is 20.8. The third-order valence-electron chi connectivity index (χ3n) is 3.16. The van der Waals surface area contributed by atoms with E-state index in [2.05, 4.69) is 9.89 Å². The average Bonchev–Trinajstić information content (AvgIpc) is 2.47. The lowest BCUT2D eigenvalue weighted by molar-refractivity contribution is -0.385. The molecule has 7 nitrogen and oxygen atoms in total. The molecule has 1 aromatic carbocycles. The van der Waals surface area contributed by atoms with Gasteiger partial charge in [-0.15, -0.1) is 0 Å². The first kappa shape index (κ1) is 15.7. The van der Waals surface area contributed by atoms with E-state index in [1.807, 2.05) is 0 Å². The minimum absolute atomic E-state index is 0.189. The number of ether oxygens (including phenoxy) is 1. The van der Waals surface area contributed by atoms with Crippen LogP contribution in [0.3, 0.4) is 0 Å². The predicted molar refractivity (Wildman–Crippen MR) is 79.5 cm³/mol. The minimum Gasteiger partial charge on any atom is -0.502 e. The molecule has 8 heteroatoms. The molecule has 0 spiro atoms. The lowest BCUT2D eigenvalue weighted by Crippen LogP contribution is -2.37. The first-order chi connectivity index (χ1) is 10.1. The molecular weight excluding hydrogens is 298 g/mol. The summed E-state index contributed by atoms with van der Waals surface area (Å²) >= 11 is 5.80. The van der Waals surface area contributed by atoms with Crippen LogP contribution in [-0.2, 0) is 4.74 Å². The van der Waals surface area contributed by atoms with Crippen LogP contribution in [0.2, 0.25) is 5.02 Å². The van der Waals surface area contributed by atoms with Crippen LogP contribution >= 0.6 is 11.6 Å². The van der Waals surface area contributed by atoms with Crippen LogP contribution in [-0.4, -0.2) is 60.5 Å². The molecule has 21 heavy (non-hydrogen) atoms. The van der Waals surface area contributed by atoms with Crippen molar-refractivity contribution in [2.75, 3.05) is 39.4 Å². The first-order valence-corrected chi connectivity index (χ1v) is 6.92. The van der Waals surface area contributed by atoms with Crippen LogP contribution in [0, 0.1) is 10.1 Å². The van der Waals surface area contributed by atoms with Gasteiger partial charge in [0, 0.05) is 42.5 Å². The van der Waals surface area contributed by atoms with Crippen molar-refractivity contribution in [1.82, 2.24) is 4.90 Å². The summed E-state index contributed by atoms with van der Waals surface area (Å²) < 4.78 is 5.25. The Labute approximate surface area is 126 Å². The molecule has 0 unspecified atom stereocenters. The Kier molecular flexibility index (Phi) is 5.49. The molecule has 2 rings (SSSR count). The Bertz CT molecular complexity index is 544. The summed E-state index contributed by atoms with van der Waals surface area (Å²) in [4.78, 5) is 16.5. The van der Waals surface area contributed by atoms with Crippen molar-refractivity contribution in [3.8, 4) is 5.75 Å². The van der Waals surface area contributed by atoms with Crippen molar-refractivity contribution in [1.29, 1.82) is 0 Å². The van der Waals surface area contributed by atoms with E-state index in [4.69, 9.17) is 16.3 Å². The van der Waals surface area contributed by atoms with Gasteiger partial charge in [-0.05, 0) is 6.07 Å². The maximum absolute atomic E-state index is 10.8. The Morgan fingerprint density at radius 1 is 1.48 bits per heavy atom. The molecule has 1 aliphatic rings. The van der Waals surface area contributed by atoms with Gasteiger partial charge in [0.2, 0.25) is 5.75 Å². The molecule has 1 aromatic rings. The van der Waals surface area contributed by atoms with E-state index in [0.717, 1.165) is 38.9 Å². The molecule has 1 aliphatic heterocycles. The summed E-state index contributed by atoms with van der Waals surface area (Å²) in [6.07, 6.45) is 1.41. The Balaban J connectivity index is 1.98. The average molecular weight is 314 g/mol. The third kappa shape index (κ3) is 4.38. The summed E-state index contributed by atoms with van der Waals surface area (Å²) in [6.45, 7) is 4.53. The molecule has 0 aromatic heterocycles. The van der Waals surface area contributed by atoms with Crippen molar-refractivity contribution >= 4 is 23.5 Å². The number of aliphatic imine (C=N–C) groups is 1. The molecule has 0 radical (unpaired) electrons. The Morgan fingerprint density at radius 2 is 2.19 bits per heavy atom. The monoisotopic (exact) mass is 313 g/mol. The van der Waals surface area contributed by atoms with Crippen molar-refractivity contribution < 1.29 is 14.8 Å². The van der Waals surface area contributed by atoms with Crippen molar-refractivity contribution in [3.05, 3.63) is 32.8 Å². The van der Waals surface area contributed by atoms with Gasteiger partial charge in [0.15, 0.2) is 0 Å². The van der Waals surface area contributed by atoms with E-state index < -0.39 is 16.4 Å². The zero-order chi connectivity index (χ0) is 15.2. The lowest BCUT2D eigenvalue weighted by Gasteiger charge is -2.25. The fourth-order valence-electron chi connectivity index (χ4n) is 2.03. The molecule has 1 saturated heterocycles. The van der Waals surface area contributed by atoms with Crippen LogP contribution in [0.4, 0.5) is 5.69 Å². The van der Waals surface area contributed by atoms with E-state index in [9.17, 15) is 15.2 Å². The fourth-order valence-corrected chi connectivity index (χ4v) is 2.25. The fraction of sp³-hybridized carbons (Fsp3) is 0.462. The highest BCUT2D eigenvalue weighted by Gasteiger charge is 2.17. The highest BCUT2D eigenvalue weighted by Crippen LogP contribution is 2.32. The van der Waals surface area contributed by atoms with E-state index in [1.165, 1.54) is 12.3 Å². The second-order valence-electron chi connectivity index (χ2n) is 4.61. The van der Waals surface area contributed by atoms with Gasteiger partial charge in [0.1, 0.15) is 0 Å². The zero-order valence-electron chi connectivity index (χ0n) is 11.4. The van der Waals surface area contributed by atoms with Gasteiger partial charge < -0.3 is 9.84 Å². The third-order valence-corrected chi connectivity index (χ3v) is 3.38. The standard InChI is InChI=1S/C13H16ClN3O4/c14-11-7-10(13(18)12(8-11)17(19)20)9-15-1-2-16-3-5-21-6-4-16/h7-9,18H,1-6H2. The largest absolute Gasteiger partial charge is 0.502 e. The molecule has 0 saturated carbocycles. The highest BCUT2D eigenvalue weighted by molar-refractivity contribution is 6.31. The van der Waals surface area contributed by atoms with Gasteiger partial charge in [-0.3, -0.25) is 20.0 Å². The van der Waals surface area contributed by atoms with Crippen LogP contribution in [0.15, 0.2) is 17.1 Å². The van der Waals surface area contributed by atoms with Gasteiger partial charge in [-0.1, -0.05) is 11.6 Å². The number of aromatic hydroxyl groups is 1. The number of benzene rings is 1. The quantitative estimate of drug-likeness (QED) is 0.508. The molecule has 0 atom stereocenters. The maximum Gasteiger partial charge on any atom is 0.312 e. The van der Waals surface area contributed by atoms with Crippen LogP contribution in [0.1, 0.15) is 5.56 Å². The summed E-state index contributed by atoms with van der Waals surface area (Å²) in [6, 6.07) is 2.56. The van der Waals surface area contributed by atoms with Gasteiger partial charge >= 0.3 is 5.69 Å². The van der Waals surface area contributed by atoms with Gasteiger partial charge in [0.25, 0.3) is 0 Å². The first-order valence-electron chi connectivity index (χ1n) is 6.55. The van der Waals surface area contributed by atoms with Crippen molar-refractivity contribution in [2.45, 2.75) is 0 Å². The van der Waals surface area contributed by atoms with Gasteiger partial charge in [0.05, 0.1) is 24.7 Å². The SMILES string of the molecule is O=[N+]([O-])c1cc(Cl)cc(C=NCCN2CCOCC2)c1O. The molecule has 114 valence electrons. The topological polar surface area (TPSA) is 88.2 Å². The second-order valence-corrected chi connectivity index (χ2v) is 5.05. The molecule has 1 heterocycles. The molecule has 1 N–H and O–H groups in total. The molecular formula is C13H16ClN3O4. The predicted octanol–water partition coefficient (Wildman–Crippen LogP) is 1.70. The number of morpholine rings is 1. The Morgan fingerprint density at radius 3 is 2.86 bits per heavy atom. The summed E-state index contributed by atoms with van der Waals surface area (Å²) in [5.41, 5.74) is -0.173. The number of hydrogen-bond donors (Lipinski definition) is 1. The van der Waals surface area contributed by atoms with E-state index >= 15 is 0 Å². The van der Waals surface area contributed by atoms with Crippen LogP contribution in [0.5, 0.6) is 5.75 Å². The highest BCUT2D eigenvalue weighted by atomic mass is 35.5. The van der Waals surface area contributed by atoms with Crippen LogP contribution < -0.4 is 0 Å². The van der Waals surface area contributed by atoms with E-state index in [-0.39, 0.29) is 10.6 Å². The molecule has 0 aliphatic carbocycles. The van der Waals surface area contributed by atoms with Crippen molar-refractivity contribution in [3.63, 3.8) is 0 Å². The van der Waals surface area contributed by atoms with Crippen molar-refractivity contribution in [2.24, 2.45) is 4.99 Å². The zero-order valence-corrected chi connectivity index (χ0v) is 12.1. The van der Waals surface area contributed by atoms with Crippen LogP contribution in [0.25, 0.3) is 0 Å². The number of phenolic OH excluding ortho intramolecular Hbond substituents is 1. The lowest BCUT2D eigenvalue weighted by atomic mass is 10.2. The summed E-state index contributed by atoms with van der Waals surface area (Å²) in [5.74, 6) is -0.417. The van der Waals surface area contributed by atoms with E-state index in [1.54, 1.807) is 0 Å². The molecule has 0 amide bonds. The molecule has 1 fully saturated rings. The Hall–Kier alpha value is -1.70. The maximum atomic E-state index is 10.8. The number of nitro groups is 1. The number of phenols is 1. The normalized spacial score (nSPS) is 16.4. The number of nitrogens with zero attached hydrogens (tertiary/aromatic N) is 3. The smallest absolute Gasteiger partial charge is 0.312 e. The molecule has 0 bridgehead atoms. The summed E-state index contributed by atoms with van der Waals surface area (Å²) in [7, 11) is 0. The van der Waals surface area contributed by atoms with Gasteiger partial charge in [-0.25, -0.2) is 0 Å². The van der Waals surface area contributed by atoms with Gasteiger partial charge in [-0.2, -0.15) is 0 Å².